The second kappa shape index (κ2) is 6.01. The lowest BCUT2D eigenvalue weighted by atomic mass is 10.3. The van der Waals surface area contributed by atoms with Gasteiger partial charge in [-0.25, -0.2) is 0 Å². The molecule has 5 N–H and O–H groups in total. The molecule has 1 saturated heterocycles. The molecule has 6 nitrogen and oxygen atoms in total. The number of amides is 1. The SMILES string of the molecule is NC(=O)c1c(N)nsc1NCCCN1CCCC1. The molecule has 1 aliphatic heterocycles. The zero-order valence-electron chi connectivity index (χ0n) is 10.3. The van der Waals surface area contributed by atoms with Gasteiger partial charge >= 0.3 is 0 Å². The lowest BCUT2D eigenvalue weighted by molar-refractivity contribution is 0.100. The maximum Gasteiger partial charge on any atom is 0.255 e. The third kappa shape index (κ3) is 3.11. The lowest BCUT2D eigenvalue weighted by Crippen LogP contribution is -2.22. The normalized spacial score (nSPS) is 16.0. The van der Waals surface area contributed by atoms with Crippen molar-refractivity contribution in [3.63, 3.8) is 0 Å². The van der Waals surface area contributed by atoms with Crippen molar-refractivity contribution >= 4 is 28.3 Å². The van der Waals surface area contributed by atoms with Crippen molar-refractivity contribution in [1.29, 1.82) is 0 Å². The van der Waals surface area contributed by atoms with Crippen LogP contribution in [0.25, 0.3) is 0 Å². The van der Waals surface area contributed by atoms with Gasteiger partial charge in [-0.15, -0.1) is 0 Å². The zero-order chi connectivity index (χ0) is 13.0. The molecule has 2 rings (SSSR count). The monoisotopic (exact) mass is 269 g/mol. The van der Waals surface area contributed by atoms with Crippen molar-refractivity contribution in [2.75, 3.05) is 37.2 Å². The largest absolute Gasteiger partial charge is 0.382 e. The summed E-state index contributed by atoms with van der Waals surface area (Å²) in [5.74, 6) is -0.308. The van der Waals surface area contributed by atoms with E-state index in [0.717, 1.165) is 19.5 Å². The Balaban J connectivity index is 1.77. The van der Waals surface area contributed by atoms with Gasteiger partial charge in [-0.2, -0.15) is 4.37 Å². The van der Waals surface area contributed by atoms with Gasteiger partial charge in [0.2, 0.25) is 0 Å². The predicted octanol–water partition coefficient (Wildman–Crippen LogP) is 0.722. The van der Waals surface area contributed by atoms with Crippen LogP contribution in [0.15, 0.2) is 0 Å². The number of nitrogens with two attached hydrogens (primary N) is 2. The fourth-order valence-electron chi connectivity index (χ4n) is 2.17. The van der Waals surface area contributed by atoms with E-state index in [9.17, 15) is 4.79 Å². The van der Waals surface area contributed by atoms with Crippen LogP contribution in [0.2, 0.25) is 0 Å². The van der Waals surface area contributed by atoms with Gasteiger partial charge in [0.05, 0.1) is 0 Å². The highest BCUT2D eigenvalue weighted by atomic mass is 32.1. The molecule has 100 valence electrons. The van der Waals surface area contributed by atoms with E-state index in [-0.39, 0.29) is 5.82 Å². The quantitative estimate of drug-likeness (QED) is 0.661. The van der Waals surface area contributed by atoms with Crippen molar-refractivity contribution < 1.29 is 4.79 Å². The van der Waals surface area contributed by atoms with Crippen LogP contribution in [0.1, 0.15) is 29.6 Å². The molecule has 0 radical (unpaired) electrons. The van der Waals surface area contributed by atoms with E-state index in [0.29, 0.717) is 10.6 Å². The number of nitrogens with one attached hydrogen (secondary N) is 1. The van der Waals surface area contributed by atoms with Crippen LogP contribution in [-0.2, 0) is 0 Å². The maximum atomic E-state index is 11.2. The number of carbonyl (C=O) groups is 1. The summed E-state index contributed by atoms with van der Waals surface area (Å²) in [5.41, 5.74) is 11.2. The molecule has 0 aliphatic carbocycles. The number of anilines is 2. The Morgan fingerprint density at radius 1 is 1.44 bits per heavy atom. The summed E-state index contributed by atoms with van der Waals surface area (Å²) in [7, 11) is 0. The van der Waals surface area contributed by atoms with E-state index in [4.69, 9.17) is 11.5 Å². The smallest absolute Gasteiger partial charge is 0.255 e. The van der Waals surface area contributed by atoms with Gasteiger partial charge < -0.3 is 21.7 Å². The van der Waals surface area contributed by atoms with Gasteiger partial charge in [-0.1, -0.05) is 0 Å². The van der Waals surface area contributed by atoms with E-state index < -0.39 is 5.91 Å². The van der Waals surface area contributed by atoms with Gasteiger partial charge in [-0.05, 0) is 50.4 Å². The summed E-state index contributed by atoms with van der Waals surface area (Å²) in [4.78, 5) is 13.7. The topological polar surface area (TPSA) is 97.3 Å². The fraction of sp³-hybridized carbons (Fsp3) is 0.636. The number of carbonyl (C=O) groups excluding carboxylic acids is 1. The van der Waals surface area contributed by atoms with Crippen LogP contribution in [0.3, 0.4) is 0 Å². The molecular formula is C11H19N5OS. The minimum Gasteiger partial charge on any atom is -0.382 e. The first-order valence-corrected chi connectivity index (χ1v) is 6.97. The Morgan fingerprint density at radius 2 is 2.17 bits per heavy atom. The van der Waals surface area contributed by atoms with Crippen molar-refractivity contribution in [3.05, 3.63) is 5.56 Å². The van der Waals surface area contributed by atoms with Gasteiger partial charge in [0, 0.05) is 6.54 Å². The zero-order valence-corrected chi connectivity index (χ0v) is 11.1. The highest BCUT2D eigenvalue weighted by Crippen LogP contribution is 2.25. The molecule has 1 fully saturated rings. The van der Waals surface area contributed by atoms with E-state index in [1.165, 1.54) is 37.5 Å². The Kier molecular flexibility index (Phi) is 4.38. The van der Waals surface area contributed by atoms with E-state index in [1.807, 2.05) is 0 Å². The summed E-state index contributed by atoms with van der Waals surface area (Å²) >= 11 is 1.19. The van der Waals surface area contributed by atoms with E-state index in [2.05, 4.69) is 14.6 Å². The second-order valence-electron chi connectivity index (χ2n) is 4.47. The van der Waals surface area contributed by atoms with Crippen LogP contribution >= 0.6 is 11.5 Å². The first kappa shape index (κ1) is 13.1. The standard InChI is InChI=1S/C11H19N5OS/c12-9-8(10(13)17)11(18-15-9)14-4-3-7-16-5-1-2-6-16/h14H,1-7H2,(H2,12,15)(H2,13,17). The van der Waals surface area contributed by atoms with Crippen molar-refractivity contribution in [2.24, 2.45) is 5.73 Å². The van der Waals surface area contributed by atoms with Crippen molar-refractivity contribution in [1.82, 2.24) is 9.27 Å². The lowest BCUT2D eigenvalue weighted by Gasteiger charge is -2.14. The number of nitrogen functional groups attached to an aromatic ring is 1. The van der Waals surface area contributed by atoms with Crippen LogP contribution in [0.4, 0.5) is 10.8 Å². The van der Waals surface area contributed by atoms with E-state index >= 15 is 0 Å². The summed E-state index contributed by atoms with van der Waals surface area (Å²) in [6, 6.07) is 0. The highest BCUT2D eigenvalue weighted by Gasteiger charge is 2.16. The molecule has 0 spiro atoms. The first-order valence-electron chi connectivity index (χ1n) is 6.19. The Bertz CT molecular complexity index is 414. The summed E-state index contributed by atoms with van der Waals surface area (Å²) < 4.78 is 3.94. The van der Waals surface area contributed by atoms with Crippen LogP contribution < -0.4 is 16.8 Å². The van der Waals surface area contributed by atoms with Gasteiger partial charge in [0.25, 0.3) is 5.91 Å². The molecule has 1 aromatic rings. The number of primary amides is 1. The molecule has 2 heterocycles. The minimum atomic E-state index is -0.525. The molecule has 0 saturated carbocycles. The number of nitrogens with zero attached hydrogens (tertiary/aromatic N) is 2. The Labute approximate surface area is 110 Å². The molecule has 1 aromatic heterocycles. The molecule has 1 amide bonds. The fourth-order valence-corrected chi connectivity index (χ4v) is 2.92. The van der Waals surface area contributed by atoms with Gasteiger partial charge in [-0.3, -0.25) is 4.79 Å². The van der Waals surface area contributed by atoms with Crippen LogP contribution in [-0.4, -0.2) is 41.4 Å². The summed E-state index contributed by atoms with van der Waals surface area (Å²) in [6.45, 7) is 4.31. The summed E-state index contributed by atoms with van der Waals surface area (Å²) in [5, 5.41) is 3.87. The predicted molar refractivity (Wildman–Crippen MR) is 73.8 cm³/mol. The molecule has 0 bridgehead atoms. The summed E-state index contributed by atoms with van der Waals surface area (Å²) in [6.07, 6.45) is 3.66. The number of rotatable bonds is 6. The minimum absolute atomic E-state index is 0.217. The number of hydrogen-bond donors (Lipinski definition) is 3. The van der Waals surface area contributed by atoms with Crippen LogP contribution in [0.5, 0.6) is 0 Å². The molecule has 0 unspecified atom stereocenters. The van der Waals surface area contributed by atoms with E-state index in [1.54, 1.807) is 0 Å². The number of likely N-dealkylation sites (tertiary alicyclic amines) is 1. The van der Waals surface area contributed by atoms with Crippen LogP contribution in [0, 0.1) is 0 Å². The Morgan fingerprint density at radius 3 is 2.83 bits per heavy atom. The molecule has 1 aliphatic rings. The molecule has 7 heteroatoms. The average Bonchev–Trinajstić information content (AvgIpc) is 2.94. The Hall–Kier alpha value is -1.34. The number of aromatic nitrogens is 1. The third-order valence-electron chi connectivity index (χ3n) is 3.10. The van der Waals surface area contributed by atoms with Crippen molar-refractivity contribution in [3.8, 4) is 0 Å². The van der Waals surface area contributed by atoms with Gasteiger partial charge in [0.15, 0.2) is 5.82 Å². The molecule has 0 aromatic carbocycles. The highest BCUT2D eigenvalue weighted by molar-refractivity contribution is 7.11. The number of hydrogen-bond acceptors (Lipinski definition) is 6. The molecule has 18 heavy (non-hydrogen) atoms. The van der Waals surface area contributed by atoms with Gasteiger partial charge in [0.1, 0.15) is 10.6 Å². The van der Waals surface area contributed by atoms with Crippen molar-refractivity contribution in [2.45, 2.75) is 19.3 Å². The first-order chi connectivity index (χ1) is 8.68. The maximum absolute atomic E-state index is 11.2. The average molecular weight is 269 g/mol. The third-order valence-corrected chi connectivity index (χ3v) is 3.92. The molecule has 0 atom stereocenters. The second-order valence-corrected chi connectivity index (χ2v) is 5.24. The molecular weight excluding hydrogens is 250 g/mol.